The standard InChI is InChI=1S/C16H17FN4O/c1-3-16-18-6-7-20(16)9-12-10-21(11-19-12)13-4-5-15(22-2)14(17)8-13/h4-8,10-11H,3,9H2,1-2H3. The van der Waals surface area contributed by atoms with Gasteiger partial charge in [0.05, 0.1) is 25.7 Å². The Morgan fingerprint density at radius 2 is 2.14 bits per heavy atom. The van der Waals surface area contributed by atoms with E-state index in [-0.39, 0.29) is 5.75 Å². The smallest absolute Gasteiger partial charge is 0.167 e. The molecule has 3 aromatic rings. The highest BCUT2D eigenvalue weighted by molar-refractivity contribution is 5.39. The Kier molecular flexibility index (Phi) is 3.91. The number of hydrogen-bond donors (Lipinski definition) is 0. The molecular formula is C16H17FN4O. The Morgan fingerprint density at radius 1 is 1.27 bits per heavy atom. The fourth-order valence-electron chi connectivity index (χ4n) is 2.38. The van der Waals surface area contributed by atoms with Crippen molar-refractivity contribution in [3.05, 3.63) is 60.5 Å². The van der Waals surface area contributed by atoms with Gasteiger partial charge in [-0.15, -0.1) is 0 Å². The number of aryl methyl sites for hydroxylation is 1. The van der Waals surface area contributed by atoms with Crippen LogP contribution in [-0.4, -0.2) is 26.2 Å². The lowest BCUT2D eigenvalue weighted by Gasteiger charge is -2.06. The first-order chi connectivity index (χ1) is 10.7. The highest BCUT2D eigenvalue weighted by Gasteiger charge is 2.07. The van der Waals surface area contributed by atoms with Gasteiger partial charge in [-0.3, -0.25) is 0 Å². The van der Waals surface area contributed by atoms with Crippen molar-refractivity contribution in [1.82, 2.24) is 19.1 Å². The minimum atomic E-state index is -0.391. The lowest BCUT2D eigenvalue weighted by atomic mass is 10.3. The molecule has 0 fully saturated rings. The molecule has 6 heteroatoms. The Hall–Kier alpha value is -2.63. The molecule has 2 heterocycles. The molecule has 5 nitrogen and oxygen atoms in total. The summed E-state index contributed by atoms with van der Waals surface area (Å²) in [4.78, 5) is 8.67. The minimum absolute atomic E-state index is 0.232. The van der Waals surface area contributed by atoms with Gasteiger partial charge in [0.1, 0.15) is 5.82 Å². The molecule has 0 aliphatic rings. The fourth-order valence-corrected chi connectivity index (χ4v) is 2.38. The van der Waals surface area contributed by atoms with Crippen LogP contribution in [0.25, 0.3) is 5.69 Å². The van der Waals surface area contributed by atoms with E-state index in [4.69, 9.17) is 4.74 Å². The van der Waals surface area contributed by atoms with E-state index in [0.717, 1.165) is 17.9 Å². The molecule has 0 aliphatic heterocycles. The van der Waals surface area contributed by atoms with E-state index in [9.17, 15) is 4.39 Å². The van der Waals surface area contributed by atoms with Crippen molar-refractivity contribution < 1.29 is 9.13 Å². The number of benzene rings is 1. The number of aromatic nitrogens is 4. The van der Waals surface area contributed by atoms with E-state index in [1.807, 2.05) is 12.4 Å². The second-order valence-electron chi connectivity index (χ2n) is 4.92. The Morgan fingerprint density at radius 3 is 2.86 bits per heavy atom. The first-order valence-corrected chi connectivity index (χ1v) is 7.08. The molecule has 0 radical (unpaired) electrons. The first kappa shape index (κ1) is 14.3. The zero-order valence-corrected chi connectivity index (χ0v) is 12.5. The second kappa shape index (κ2) is 6.01. The number of halogens is 1. The summed E-state index contributed by atoms with van der Waals surface area (Å²) in [6.45, 7) is 2.71. The molecule has 0 N–H and O–H groups in total. The van der Waals surface area contributed by atoms with Gasteiger partial charge in [-0.1, -0.05) is 6.92 Å². The molecular weight excluding hydrogens is 283 g/mol. The largest absolute Gasteiger partial charge is 0.494 e. The van der Waals surface area contributed by atoms with Crippen LogP contribution in [0.1, 0.15) is 18.4 Å². The van der Waals surface area contributed by atoms with Crippen LogP contribution in [0.5, 0.6) is 5.75 Å². The monoisotopic (exact) mass is 300 g/mol. The van der Waals surface area contributed by atoms with Crippen LogP contribution in [-0.2, 0) is 13.0 Å². The average Bonchev–Trinajstić information content (AvgIpc) is 3.16. The number of hydrogen-bond acceptors (Lipinski definition) is 3. The lowest BCUT2D eigenvalue weighted by Crippen LogP contribution is -2.03. The van der Waals surface area contributed by atoms with Crippen LogP contribution in [0.3, 0.4) is 0 Å². The lowest BCUT2D eigenvalue weighted by molar-refractivity contribution is 0.386. The molecule has 3 rings (SSSR count). The van der Waals surface area contributed by atoms with E-state index >= 15 is 0 Å². The maximum Gasteiger partial charge on any atom is 0.167 e. The zero-order valence-electron chi connectivity index (χ0n) is 12.5. The average molecular weight is 300 g/mol. The summed E-state index contributed by atoms with van der Waals surface area (Å²) in [7, 11) is 1.45. The summed E-state index contributed by atoms with van der Waals surface area (Å²) in [6, 6.07) is 4.83. The van der Waals surface area contributed by atoms with Gasteiger partial charge in [0.2, 0.25) is 0 Å². The van der Waals surface area contributed by atoms with E-state index in [1.54, 1.807) is 29.2 Å². The number of methoxy groups -OCH3 is 1. The van der Waals surface area contributed by atoms with Gasteiger partial charge in [0.15, 0.2) is 11.6 Å². The molecule has 0 spiro atoms. The third-order valence-electron chi connectivity index (χ3n) is 3.52. The summed E-state index contributed by atoms with van der Waals surface area (Å²) in [6.07, 6.45) is 8.16. The van der Waals surface area contributed by atoms with Crippen molar-refractivity contribution in [2.75, 3.05) is 7.11 Å². The summed E-state index contributed by atoms with van der Waals surface area (Å²) in [5.74, 6) is 0.860. The quantitative estimate of drug-likeness (QED) is 0.728. The maximum absolute atomic E-state index is 13.8. The highest BCUT2D eigenvalue weighted by atomic mass is 19.1. The number of nitrogens with zero attached hydrogens (tertiary/aromatic N) is 4. The van der Waals surface area contributed by atoms with Gasteiger partial charge in [0, 0.05) is 36.8 Å². The zero-order chi connectivity index (χ0) is 15.5. The highest BCUT2D eigenvalue weighted by Crippen LogP contribution is 2.20. The Bertz CT molecular complexity index is 778. The molecule has 0 saturated heterocycles. The summed E-state index contributed by atoms with van der Waals surface area (Å²) in [5.41, 5.74) is 1.60. The molecule has 2 aromatic heterocycles. The Balaban J connectivity index is 1.83. The van der Waals surface area contributed by atoms with Gasteiger partial charge in [-0.25, -0.2) is 14.4 Å². The van der Waals surface area contributed by atoms with Gasteiger partial charge >= 0.3 is 0 Å². The fraction of sp³-hybridized carbons (Fsp3) is 0.250. The molecule has 0 aliphatic carbocycles. The molecule has 0 saturated carbocycles. The van der Waals surface area contributed by atoms with Crippen molar-refractivity contribution in [1.29, 1.82) is 0 Å². The van der Waals surface area contributed by atoms with Crippen LogP contribution < -0.4 is 4.74 Å². The molecule has 22 heavy (non-hydrogen) atoms. The predicted molar refractivity (Wildman–Crippen MR) is 80.8 cm³/mol. The molecule has 114 valence electrons. The third-order valence-corrected chi connectivity index (χ3v) is 3.52. The van der Waals surface area contributed by atoms with Crippen molar-refractivity contribution in [2.24, 2.45) is 0 Å². The summed E-state index contributed by atoms with van der Waals surface area (Å²) in [5, 5.41) is 0. The summed E-state index contributed by atoms with van der Waals surface area (Å²) < 4.78 is 22.6. The maximum atomic E-state index is 13.8. The van der Waals surface area contributed by atoms with Gasteiger partial charge in [-0.2, -0.15) is 0 Å². The molecule has 0 unspecified atom stereocenters. The predicted octanol–water partition coefficient (Wildman–Crippen LogP) is 2.83. The van der Waals surface area contributed by atoms with Crippen molar-refractivity contribution in [3.8, 4) is 11.4 Å². The van der Waals surface area contributed by atoms with Gasteiger partial charge < -0.3 is 13.9 Å². The molecule has 0 amide bonds. The number of ether oxygens (including phenoxy) is 1. The van der Waals surface area contributed by atoms with Gasteiger partial charge in [0.25, 0.3) is 0 Å². The van der Waals surface area contributed by atoms with E-state index < -0.39 is 5.82 Å². The van der Waals surface area contributed by atoms with Crippen molar-refractivity contribution >= 4 is 0 Å². The van der Waals surface area contributed by atoms with Crippen LogP contribution in [0.4, 0.5) is 4.39 Å². The van der Waals surface area contributed by atoms with Gasteiger partial charge in [-0.05, 0) is 12.1 Å². The number of imidazole rings is 2. The normalized spacial score (nSPS) is 10.9. The Labute approximate surface area is 128 Å². The van der Waals surface area contributed by atoms with Crippen LogP contribution in [0.2, 0.25) is 0 Å². The minimum Gasteiger partial charge on any atom is -0.494 e. The van der Waals surface area contributed by atoms with E-state index in [2.05, 4.69) is 21.5 Å². The van der Waals surface area contributed by atoms with Crippen LogP contribution >= 0.6 is 0 Å². The van der Waals surface area contributed by atoms with Crippen molar-refractivity contribution in [3.63, 3.8) is 0 Å². The van der Waals surface area contributed by atoms with E-state index in [1.165, 1.54) is 13.2 Å². The first-order valence-electron chi connectivity index (χ1n) is 7.08. The topological polar surface area (TPSA) is 44.9 Å². The molecule has 1 aromatic carbocycles. The third kappa shape index (κ3) is 2.72. The van der Waals surface area contributed by atoms with Crippen molar-refractivity contribution in [2.45, 2.75) is 19.9 Å². The van der Waals surface area contributed by atoms with E-state index in [0.29, 0.717) is 12.2 Å². The number of rotatable bonds is 5. The van der Waals surface area contributed by atoms with Crippen LogP contribution in [0, 0.1) is 5.82 Å². The van der Waals surface area contributed by atoms with Crippen LogP contribution in [0.15, 0.2) is 43.1 Å². The molecule has 0 bridgehead atoms. The second-order valence-corrected chi connectivity index (χ2v) is 4.92. The SMILES string of the molecule is CCc1nccn1Cc1cn(-c2ccc(OC)c(F)c2)cn1. The molecule has 0 atom stereocenters. The summed E-state index contributed by atoms with van der Waals surface area (Å²) >= 11 is 0.